The number of aryl methyl sites for hydroxylation is 3. The van der Waals surface area contributed by atoms with Crippen LogP contribution in [-0.2, 0) is 25.4 Å². The molecule has 6 heteroatoms. The Bertz CT molecular complexity index is 772. The summed E-state index contributed by atoms with van der Waals surface area (Å²) in [5, 5.41) is 0. The molecule has 0 fully saturated rings. The summed E-state index contributed by atoms with van der Waals surface area (Å²) in [5.41, 5.74) is 4.74. The lowest BCUT2D eigenvalue weighted by atomic mass is 9.92. The highest BCUT2D eigenvalue weighted by Gasteiger charge is 2.34. The molecule has 158 valence electrons. The third kappa shape index (κ3) is 6.25. The zero-order valence-electron chi connectivity index (χ0n) is 17.1. The van der Waals surface area contributed by atoms with Crippen LogP contribution in [0.25, 0.3) is 0 Å². The maximum absolute atomic E-state index is 12.6. The zero-order chi connectivity index (χ0) is 20.7. The summed E-state index contributed by atoms with van der Waals surface area (Å²) in [6.07, 6.45) is 10.4. The van der Waals surface area contributed by atoms with Crippen LogP contribution in [0.15, 0.2) is 24.5 Å². The van der Waals surface area contributed by atoms with Gasteiger partial charge in [-0.15, -0.1) is 0 Å². The molecular weight excluding hydrogens is 375 g/mol. The number of nitrogens with zero attached hydrogens (tertiary/aromatic N) is 3. The van der Waals surface area contributed by atoms with Crippen LogP contribution in [-0.4, -0.2) is 15.0 Å². The van der Waals surface area contributed by atoms with Crippen LogP contribution in [0.2, 0.25) is 0 Å². The van der Waals surface area contributed by atoms with Crippen LogP contribution in [0.4, 0.5) is 13.2 Å². The van der Waals surface area contributed by atoms with E-state index in [-0.39, 0.29) is 5.92 Å². The average molecular weight is 406 g/mol. The molecule has 0 N–H and O–H groups in total. The molecular formula is C23H30F3N3. The third-order valence-electron chi connectivity index (χ3n) is 5.86. The van der Waals surface area contributed by atoms with Crippen LogP contribution in [0.3, 0.4) is 0 Å². The van der Waals surface area contributed by atoms with Crippen LogP contribution < -0.4 is 0 Å². The van der Waals surface area contributed by atoms with Gasteiger partial charge in [0.25, 0.3) is 0 Å². The van der Waals surface area contributed by atoms with Gasteiger partial charge in [0.15, 0.2) is 0 Å². The average Bonchev–Trinajstić information content (AvgIpc) is 2.72. The Labute approximate surface area is 171 Å². The number of hydrogen-bond donors (Lipinski definition) is 0. The maximum atomic E-state index is 12.6. The molecule has 0 saturated carbocycles. The highest BCUT2D eigenvalue weighted by Crippen LogP contribution is 2.29. The Morgan fingerprint density at radius 1 is 0.966 bits per heavy atom. The highest BCUT2D eigenvalue weighted by atomic mass is 19.4. The normalized spacial score (nSPS) is 15.2. The van der Waals surface area contributed by atoms with E-state index in [9.17, 15) is 13.2 Å². The molecule has 0 saturated heterocycles. The van der Waals surface area contributed by atoms with Gasteiger partial charge in [-0.25, -0.2) is 9.97 Å². The van der Waals surface area contributed by atoms with Gasteiger partial charge in [0.05, 0.1) is 0 Å². The van der Waals surface area contributed by atoms with Crippen molar-refractivity contribution in [2.24, 2.45) is 0 Å². The van der Waals surface area contributed by atoms with E-state index < -0.39 is 12.0 Å². The quantitative estimate of drug-likeness (QED) is 0.450. The van der Waals surface area contributed by atoms with Crippen molar-refractivity contribution in [3.8, 4) is 0 Å². The number of fused-ring (bicyclic) bond motifs is 1. The Morgan fingerprint density at radius 2 is 1.69 bits per heavy atom. The molecule has 3 rings (SSSR count). The largest absolute Gasteiger partial charge is 0.451 e. The zero-order valence-corrected chi connectivity index (χ0v) is 17.1. The number of halogens is 3. The summed E-state index contributed by atoms with van der Waals surface area (Å²) < 4.78 is 37.8. The summed E-state index contributed by atoms with van der Waals surface area (Å²) in [7, 11) is 0. The van der Waals surface area contributed by atoms with E-state index in [0.29, 0.717) is 0 Å². The molecule has 1 aliphatic rings. The standard InChI is InChI=1S/C23H30F3N3/c1-2-17(19-15-27-22(28-16-19)23(24,25)26)9-5-3-4-6-11-20-14-13-18-10-7-8-12-21(18)29-20/h13-17H,2-12H2,1H3/t17-/m1/s1. The van der Waals surface area contributed by atoms with Crippen molar-refractivity contribution >= 4 is 0 Å². The molecule has 1 aliphatic carbocycles. The van der Waals surface area contributed by atoms with E-state index in [1.165, 1.54) is 48.6 Å². The van der Waals surface area contributed by atoms with Crippen molar-refractivity contribution in [3.63, 3.8) is 0 Å². The van der Waals surface area contributed by atoms with Crippen molar-refractivity contribution in [2.75, 3.05) is 0 Å². The van der Waals surface area contributed by atoms with E-state index in [0.717, 1.165) is 56.9 Å². The third-order valence-corrected chi connectivity index (χ3v) is 5.86. The lowest BCUT2D eigenvalue weighted by Crippen LogP contribution is -2.11. The van der Waals surface area contributed by atoms with E-state index in [1.54, 1.807) is 0 Å². The van der Waals surface area contributed by atoms with Gasteiger partial charge < -0.3 is 0 Å². The summed E-state index contributed by atoms with van der Waals surface area (Å²) in [6, 6.07) is 4.44. The van der Waals surface area contributed by atoms with E-state index in [2.05, 4.69) is 29.0 Å². The molecule has 0 amide bonds. The fraction of sp³-hybridized carbons (Fsp3) is 0.609. The molecule has 0 bridgehead atoms. The van der Waals surface area contributed by atoms with Gasteiger partial charge in [-0.1, -0.05) is 32.3 Å². The van der Waals surface area contributed by atoms with Gasteiger partial charge >= 0.3 is 6.18 Å². The fourth-order valence-electron chi connectivity index (χ4n) is 4.12. The monoisotopic (exact) mass is 405 g/mol. The molecule has 0 radical (unpaired) electrons. The summed E-state index contributed by atoms with van der Waals surface area (Å²) in [4.78, 5) is 11.8. The van der Waals surface area contributed by atoms with Gasteiger partial charge in [0, 0.05) is 23.8 Å². The van der Waals surface area contributed by atoms with Crippen LogP contribution in [0, 0.1) is 0 Å². The van der Waals surface area contributed by atoms with Gasteiger partial charge in [0.2, 0.25) is 5.82 Å². The van der Waals surface area contributed by atoms with Crippen molar-refractivity contribution < 1.29 is 13.2 Å². The topological polar surface area (TPSA) is 38.7 Å². The Kier molecular flexibility index (Phi) is 7.62. The first kappa shape index (κ1) is 21.7. The molecule has 3 nitrogen and oxygen atoms in total. The molecule has 2 aromatic rings. The first-order valence-electron chi connectivity index (χ1n) is 10.8. The molecule has 0 aromatic carbocycles. The van der Waals surface area contributed by atoms with Crippen LogP contribution >= 0.6 is 0 Å². The second-order valence-electron chi connectivity index (χ2n) is 8.01. The maximum Gasteiger partial charge on any atom is 0.451 e. The number of unbranched alkanes of at least 4 members (excludes halogenated alkanes) is 3. The van der Waals surface area contributed by atoms with E-state index in [1.807, 2.05) is 0 Å². The van der Waals surface area contributed by atoms with Crippen molar-refractivity contribution in [1.82, 2.24) is 15.0 Å². The van der Waals surface area contributed by atoms with E-state index in [4.69, 9.17) is 4.98 Å². The molecule has 29 heavy (non-hydrogen) atoms. The van der Waals surface area contributed by atoms with Crippen LogP contribution in [0.5, 0.6) is 0 Å². The predicted molar refractivity (Wildman–Crippen MR) is 108 cm³/mol. The molecule has 0 spiro atoms. The summed E-state index contributed by atoms with van der Waals surface area (Å²) in [5.74, 6) is -0.841. The van der Waals surface area contributed by atoms with Gasteiger partial charge in [-0.05, 0) is 74.5 Å². The van der Waals surface area contributed by atoms with Crippen molar-refractivity contribution in [1.29, 1.82) is 0 Å². The van der Waals surface area contributed by atoms with Crippen molar-refractivity contribution in [3.05, 3.63) is 52.9 Å². The minimum atomic E-state index is -4.48. The van der Waals surface area contributed by atoms with Gasteiger partial charge in [0.1, 0.15) is 0 Å². The number of aromatic nitrogens is 3. The molecule has 0 aliphatic heterocycles. The SMILES string of the molecule is CC[C@H](CCCCCCc1ccc2c(n1)CCCC2)c1cnc(C(F)(F)F)nc1. The lowest BCUT2D eigenvalue weighted by molar-refractivity contribution is -0.145. The van der Waals surface area contributed by atoms with Gasteiger partial charge in [-0.3, -0.25) is 4.98 Å². The molecule has 2 heterocycles. The Balaban J connectivity index is 1.38. The molecule has 1 atom stereocenters. The minimum Gasteiger partial charge on any atom is -0.258 e. The molecule has 0 unspecified atom stereocenters. The number of rotatable bonds is 9. The Hall–Kier alpha value is -1.98. The van der Waals surface area contributed by atoms with Gasteiger partial charge in [-0.2, -0.15) is 13.2 Å². The van der Waals surface area contributed by atoms with E-state index >= 15 is 0 Å². The second-order valence-corrected chi connectivity index (χ2v) is 8.01. The Morgan fingerprint density at radius 3 is 2.41 bits per heavy atom. The van der Waals surface area contributed by atoms with Crippen LogP contribution in [0.1, 0.15) is 92.5 Å². The summed E-state index contributed by atoms with van der Waals surface area (Å²) >= 11 is 0. The minimum absolute atomic E-state index is 0.222. The number of pyridine rings is 1. The fourth-order valence-corrected chi connectivity index (χ4v) is 4.12. The highest BCUT2D eigenvalue weighted by molar-refractivity contribution is 5.25. The first-order chi connectivity index (χ1) is 14.0. The summed E-state index contributed by atoms with van der Waals surface area (Å²) in [6.45, 7) is 2.06. The smallest absolute Gasteiger partial charge is 0.258 e. The number of hydrogen-bond acceptors (Lipinski definition) is 3. The lowest BCUT2D eigenvalue weighted by Gasteiger charge is -2.16. The second kappa shape index (κ2) is 10.2. The van der Waals surface area contributed by atoms with Crippen molar-refractivity contribution in [2.45, 2.75) is 89.6 Å². The predicted octanol–water partition coefficient (Wildman–Crippen LogP) is 6.46. The first-order valence-corrected chi connectivity index (χ1v) is 10.8. The number of alkyl halides is 3. The molecule has 2 aromatic heterocycles.